The van der Waals surface area contributed by atoms with Gasteiger partial charge >= 0.3 is 6.09 Å². The van der Waals surface area contributed by atoms with Gasteiger partial charge in [0, 0.05) is 20.2 Å². The minimum atomic E-state index is -0.657. The number of carbonyl (C=O) groups is 2. The number of ether oxygens (including phenoxy) is 1. The first-order chi connectivity index (χ1) is 8.13. The van der Waals surface area contributed by atoms with Gasteiger partial charge in [0.1, 0.15) is 5.65 Å². The third kappa shape index (κ3) is 1.96. The maximum Gasteiger partial charge on any atom is 0.413 e. The second kappa shape index (κ2) is 4.25. The van der Waals surface area contributed by atoms with Crippen molar-refractivity contribution in [3.63, 3.8) is 0 Å². The maximum atomic E-state index is 11.5. The van der Waals surface area contributed by atoms with Gasteiger partial charge in [0.25, 0.3) is 5.88 Å². The molecule has 2 aromatic heterocycles. The quantitative estimate of drug-likeness (QED) is 0.792. The second-order valence-corrected chi connectivity index (χ2v) is 3.39. The average Bonchev–Trinajstić information content (AvgIpc) is 2.66. The van der Waals surface area contributed by atoms with Crippen LogP contribution in [0, 0.1) is 0 Å². The topological polar surface area (TPSA) is 72.7 Å². The molecule has 0 aliphatic rings. The SMILES string of the molecule is CNC(=O)Oc1nc2ccccn2c1C(C)=O. The Kier molecular flexibility index (Phi) is 2.78. The van der Waals surface area contributed by atoms with Crippen molar-refractivity contribution < 1.29 is 14.3 Å². The zero-order valence-corrected chi connectivity index (χ0v) is 9.43. The number of nitrogens with zero attached hydrogens (tertiary/aromatic N) is 2. The summed E-state index contributed by atoms with van der Waals surface area (Å²) in [6, 6.07) is 5.28. The van der Waals surface area contributed by atoms with E-state index < -0.39 is 6.09 Å². The number of pyridine rings is 1. The van der Waals surface area contributed by atoms with Crippen LogP contribution >= 0.6 is 0 Å². The molecule has 1 amide bonds. The molecule has 0 aromatic carbocycles. The number of ketones is 1. The van der Waals surface area contributed by atoms with E-state index in [0.717, 1.165) is 0 Å². The van der Waals surface area contributed by atoms with Gasteiger partial charge in [-0.3, -0.25) is 9.20 Å². The van der Waals surface area contributed by atoms with Crippen LogP contribution in [-0.4, -0.2) is 28.3 Å². The zero-order chi connectivity index (χ0) is 12.4. The van der Waals surface area contributed by atoms with Crippen molar-refractivity contribution in [2.75, 3.05) is 7.05 Å². The Balaban J connectivity index is 2.57. The smallest absolute Gasteiger partial charge is 0.389 e. The van der Waals surface area contributed by atoms with Crippen LogP contribution in [0.1, 0.15) is 17.4 Å². The molecule has 0 atom stereocenters. The average molecular weight is 233 g/mol. The van der Waals surface area contributed by atoms with Crippen LogP contribution in [-0.2, 0) is 0 Å². The molecule has 0 aliphatic carbocycles. The lowest BCUT2D eigenvalue weighted by atomic mass is 10.3. The number of imidazole rings is 1. The van der Waals surface area contributed by atoms with Crippen LogP contribution in [0.5, 0.6) is 5.88 Å². The molecule has 0 aliphatic heterocycles. The van der Waals surface area contributed by atoms with Crippen molar-refractivity contribution in [3.05, 3.63) is 30.1 Å². The fourth-order valence-corrected chi connectivity index (χ4v) is 1.50. The van der Waals surface area contributed by atoms with Gasteiger partial charge in [0.2, 0.25) is 0 Å². The number of nitrogens with one attached hydrogen (secondary N) is 1. The standard InChI is InChI=1S/C11H11N3O3/c1-7(15)9-10(17-11(16)12-2)13-8-5-3-4-6-14(8)9/h3-6H,1-2H3,(H,12,16). The number of Topliss-reactive ketones (excluding diaryl/α,β-unsaturated/α-hetero) is 1. The van der Waals surface area contributed by atoms with Crippen molar-refractivity contribution in [1.29, 1.82) is 0 Å². The number of fused-ring (bicyclic) bond motifs is 1. The third-order valence-electron chi connectivity index (χ3n) is 2.22. The second-order valence-electron chi connectivity index (χ2n) is 3.39. The summed E-state index contributed by atoms with van der Waals surface area (Å²) < 4.78 is 6.52. The van der Waals surface area contributed by atoms with Gasteiger partial charge in [-0.15, -0.1) is 0 Å². The van der Waals surface area contributed by atoms with Gasteiger partial charge in [-0.2, -0.15) is 4.98 Å². The Labute approximate surface area is 97.2 Å². The molecule has 2 aromatic rings. The third-order valence-corrected chi connectivity index (χ3v) is 2.22. The highest BCUT2D eigenvalue weighted by Crippen LogP contribution is 2.20. The van der Waals surface area contributed by atoms with Gasteiger partial charge in [-0.05, 0) is 12.1 Å². The largest absolute Gasteiger partial charge is 0.413 e. The van der Waals surface area contributed by atoms with Gasteiger partial charge in [-0.25, -0.2) is 4.79 Å². The summed E-state index contributed by atoms with van der Waals surface area (Å²) >= 11 is 0. The van der Waals surface area contributed by atoms with E-state index in [-0.39, 0.29) is 17.4 Å². The summed E-state index contributed by atoms with van der Waals surface area (Å²) in [5.41, 5.74) is 0.806. The van der Waals surface area contributed by atoms with Gasteiger partial charge in [-0.1, -0.05) is 6.07 Å². The number of carbonyl (C=O) groups excluding carboxylic acids is 2. The molecule has 6 heteroatoms. The number of amides is 1. The lowest BCUT2D eigenvalue weighted by Gasteiger charge is -2.01. The fourth-order valence-electron chi connectivity index (χ4n) is 1.50. The van der Waals surface area contributed by atoms with Crippen molar-refractivity contribution in [1.82, 2.24) is 14.7 Å². The Morgan fingerprint density at radius 1 is 1.41 bits per heavy atom. The van der Waals surface area contributed by atoms with Crippen molar-refractivity contribution >= 4 is 17.5 Å². The lowest BCUT2D eigenvalue weighted by Crippen LogP contribution is -2.23. The van der Waals surface area contributed by atoms with E-state index in [1.165, 1.54) is 14.0 Å². The number of hydrogen-bond acceptors (Lipinski definition) is 4. The zero-order valence-electron chi connectivity index (χ0n) is 9.43. The molecule has 2 rings (SSSR count). The van der Waals surface area contributed by atoms with Crippen LogP contribution in [0.25, 0.3) is 5.65 Å². The van der Waals surface area contributed by atoms with Gasteiger partial charge < -0.3 is 10.1 Å². The molecule has 0 spiro atoms. The predicted octanol–water partition coefficient (Wildman–Crippen LogP) is 1.26. The van der Waals surface area contributed by atoms with Gasteiger partial charge in [0.15, 0.2) is 11.5 Å². The molecule has 6 nitrogen and oxygen atoms in total. The van der Waals surface area contributed by atoms with E-state index in [0.29, 0.717) is 5.65 Å². The molecule has 0 radical (unpaired) electrons. The Morgan fingerprint density at radius 3 is 2.82 bits per heavy atom. The van der Waals surface area contributed by atoms with Crippen LogP contribution in [0.2, 0.25) is 0 Å². The van der Waals surface area contributed by atoms with Crippen LogP contribution in [0.4, 0.5) is 4.79 Å². The molecule has 88 valence electrons. The van der Waals surface area contributed by atoms with E-state index in [1.807, 2.05) is 0 Å². The van der Waals surface area contributed by atoms with E-state index in [4.69, 9.17) is 4.74 Å². The molecular formula is C11H11N3O3. The molecule has 0 saturated heterocycles. The van der Waals surface area contributed by atoms with E-state index in [9.17, 15) is 9.59 Å². The molecule has 0 saturated carbocycles. The Hall–Kier alpha value is -2.37. The summed E-state index contributed by atoms with van der Waals surface area (Å²) in [6.07, 6.45) is 1.03. The van der Waals surface area contributed by atoms with Crippen molar-refractivity contribution in [3.8, 4) is 5.88 Å². The predicted molar refractivity (Wildman–Crippen MR) is 60.3 cm³/mol. The normalized spacial score (nSPS) is 10.2. The van der Waals surface area contributed by atoms with Crippen LogP contribution in [0.3, 0.4) is 0 Å². The highest BCUT2D eigenvalue weighted by molar-refractivity contribution is 5.96. The van der Waals surface area contributed by atoms with Gasteiger partial charge in [0.05, 0.1) is 0 Å². The first-order valence-corrected chi connectivity index (χ1v) is 5.01. The first kappa shape index (κ1) is 11.1. The molecule has 0 unspecified atom stereocenters. The minimum Gasteiger partial charge on any atom is -0.389 e. The van der Waals surface area contributed by atoms with E-state index >= 15 is 0 Å². The summed E-state index contributed by atoms with van der Waals surface area (Å²) in [6.45, 7) is 1.40. The van der Waals surface area contributed by atoms with Crippen LogP contribution < -0.4 is 10.1 Å². The summed E-state index contributed by atoms with van der Waals surface area (Å²) in [5.74, 6) is -0.203. The summed E-state index contributed by atoms with van der Waals surface area (Å²) in [4.78, 5) is 26.8. The van der Waals surface area contributed by atoms with E-state index in [1.54, 1.807) is 28.8 Å². The number of rotatable bonds is 2. The maximum absolute atomic E-state index is 11.5. The van der Waals surface area contributed by atoms with Crippen molar-refractivity contribution in [2.24, 2.45) is 0 Å². The summed E-state index contributed by atoms with van der Waals surface area (Å²) in [7, 11) is 1.44. The Morgan fingerprint density at radius 2 is 2.18 bits per heavy atom. The molecule has 1 N–H and O–H groups in total. The Bertz CT molecular complexity index is 589. The molecule has 0 fully saturated rings. The highest BCUT2D eigenvalue weighted by atomic mass is 16.6. The van der Waals surface area contributed by atoms with Crippen molar-refractivity contribution in [2.45, 2.75) is 6.92 Å². The summed E-state index contributed by atoms with van der Waals surface area (Å²) in [5, 5.41) is 2.30. The minimum absolute atomic E-state index is 0.0167. The molecular weight excluding hydrogens is 222 g/mol. The monoisotopic (exact) mass is 233 g/mol. The number of aromatic nitrogens is 2. The molecule has 17 heavy (non-hydrogen) atoms. The number of hydrogen-bond donors (Lipinski definition) is 1. The fraction of sp³-hybridized carbons (Fsp3) is 0.182. The van der Waals surface area contributed by atoms with E-state index in [2.05, 4.69) is 10.3 Å². The van der Waals surface area contributed by atoms with Crippen LogP contribution in [0.15, 0.2) is 24.4 Å². The highest BCUT2D eigenvalue weighted by Gasteiger charge is 2.19. The first-order valence-electron chi connectivity index (χ1n) is 5.01. The molecule has 0 bridgehead atoms. The lowest BCUT2D eigenvalue weighted by molar-refractivity contribution is 0.100. The molecule has 2 heterocycles.